The van der Waals surface area contributed by atoms with Gasteiger partial charge in [-0.1, -0.05) is 18.3 Å². The summed E-state index contributed by atoms with van der Waals surface area (Å²) in [6.07, 6.45) is 0.359. The number of anilines is 3. The fourth-order valence-electron chi connectivity index (χ4n) is 4.53. The van der Waals surface area contributed by atoms with Crippen molar-refractivity contribution in [2.45, 2.75) is 46.6 Å². The second kappa shape index (κ2) is 10.7. The highest BCUT2D eigenvalue weighted by molar-refractivity contribution is 7.16. The van der Waals surface area contributed by atoms with Crippen LogP contribution in [0.15, 0.2) is 30.3 Å². The summed E-state index contributed by atoms with van der Waals surface area (Å²) in [4.78, 5) is 26.4. The first-order valence-electron chi connectivity index (χ1n) is 13.1. The van der Waals surface area contributed by atoms with Gasteiger partial charge >= 0.3 is 6.09 Å². The van der Waals surface area contributed by atoms with Gasteiger partial charge in [0.1, 0.15) is 39.6 Å². The lowest BCUT2D eigenvalue weighted by Gasteiger charge is -2.36. The Balaban J connectivity index is 1.43. The van der Waals surface area contributed by atoms with Crippen LogP contribution in [0.25, 0.3) is 16.9 Å². The Morgan fingerprint density at radius 2 is 1.88 bits per heavy atom. The molecule has 4 aromatic rings. The van der Waals surface area contributed by atoms with E-state index in [4.69, 9.17) is 14.8 Å². The van der Waals surface area contributed by atoms with Gasteiger partial charge in [-0.15, -0.1) is 0 Å². The Morgan fingerprint density at radius 3 is 2.50 bits per heavy atom. The van der Waals surface area contributed by atoms with Crippen LogP contribution in [-0.4, -0.2) is 62.4 Å². The van der Waals surface area contributed by atoms with Crippen molar-refractivity contribution in [3.8, 4) is 17.3 Å². The van der Waals surface area contributed by atoms with E-state index >= 15 is 0 Å². The summed E-state index contributed by atoms with van der Waals surface area (Å²) in [5, 5.41) is 18.4. The number of nitrogens with zero attached hydrogens (tertiary/aromatic N) is 7. The molecule has 12 heteroatoms. The number of halogens is 1. The molecule has 208 valence electrons. The fourth-order valence-corrected chi connectivity index (χ4v) is 5.32. The molecule has 10 nitrogen and oxygen atoms in total. The van der Waals surface area contributed by atoms with Crippen molar-refractivity contribution in [1.29, 1.82) is 5.26 Å². The molecule has 1 amide bonds. The number of ether oxygens (including phenoxy) is 1. The molecule has 1 fully saturated rings. The van der Waals surface area contributed by atoms with Crippen LogP contribution in [0.3, 0.4) is 0 Å². The molecule has 1 N–H and O–H groups in total. The molecule has 5 rings (SSSR count). The van der Waals surface area contributed by atoms with Gasteiger partial charge in [-0.3, -0.25) is 0 Å². The third-order valence-electron chi connectivity index (χ3n) is 6.49. The first-order chi connectivity index (χ1) is 19.1. The maximum absolute atomic E-state index is 13.4. The van der Waals surface area contributed by atoms with E-state index in [2.05, 4.69) is 21.3 Å². The first kappa shape index (κ1) is 27.3. The van der Waals surface area contributed by atoms with Crippen LogP contribution in [-0.2, 0) is 11.2 Å². The number of aromatic nitrogens is 4. The summed E-state index contributed by atoms with van der Waals surface area (Å²) in [6.45, 7) is 11.9. The number of thiazole rings is 1. The molecule has 0 unspecified atom stereocenters. The fraction of sp³-hybridized carbons (Fsp3) is 0.393. The minimum Gasteiger partial charge on any atom is -0.444 e. The van der Waals surface area contributed by atoms with E-state index in [0.717, 1.165) is 22.9 Å². The molecule has 40 heavy (non-hydrogen) atoms. The Hall–Kier alpha value is -4.24. The van der Waals surface area contributed by atoms with Crippen molar-refractivity contribution >= 4 is 39.7 Å². The molecule has 0 spiro atoms. The zero-order chi connectivity index (χ0) is 28.6. The Kier molecular flexibility index (Phi) is 7.33. The number of amides is 1. The van der Waals surface area contributed by atoms with Crippen LogP contribution in [0.4, 0.5) is 25.8 Å². The summed E-state index contributed by atoms with van der Waals surface area (Å²) in [5.41, 5.74) is 3.74. The first-order valence-corrected chi connectivity index (χ1v) is 13.9. The van der Waals surface area contributed by atoms with Gasteiger partial charge in [0.2, 0.25) is 0 Å². The highest BCUT2D eigenvalue weighted by atomic mass is 32.1. The number of hydrogen-bond acceptors (Lipinski definition) is 9. The Labute approximate surface area is 236 Å². The molecule has 4 heterocycles. The number of carbonyl (C=O) groups is 1. The number of benzene rings is 1. The standard InChI is InChI=1S/C28H31FN8O2S/c1-6-20-24(33-26-32-23(21(16-30)40-26)18-7-9-19(29)10-8-18)25-31-22(15-17(2)37(25)34-20)35-11-13-36(14-12-35)27(38)39-28(3,4)5/h7-10,15H,6,11-14H2,1-5H3,(H,32,33). The van der Waals surface area contributed by atoms with Crippen LogP contribution in [0.1, 0.15) is 44.0 Å². The third-order valence-corrected chi connectivity index (χ3v) is 7.37. The average molecular weight is 563 g/mol. The molecule has 1 aromatic carbocycles. The van der Waals surface area contributed by atoms with Crippen molar-refractivity contribution in [3.63, 3.8) is 0 Å². The van der Waals surface area contributed by atoms with E-state index in [1.54, 1.807) is 21.5 Å². The molecular formula is C28H31FN8O2S. The number of fused-ring (bicyclic) bond motifs is 1. The van der Waals surface area contributed by atoms with Crippen LogP contribution in [0.2, 0.25) is 0 Å². The molecule has 1 aliphatic heterocycles. The van der Waals surface area contributed by atoms with Gasteiger partial charge in [0.15, 0.2) is 10.8 Å². The molecule has 3 aromatic heterocycles. The Bertz CT molecular complexity index is 1590. The average Bonchev–Trinajstić information content (AvgIpc) is 3.50. The van der Waals surface area contributed by atoms with Crippen molar-refractivity contribution < 1.29 is 13.9 Å². The number of hydrogen-bond donors (Lipinski definition) is 1. The topological polar surface area (TPSA) is 112 Å². The highest BCUT2D eigenvalue weighted by Crippen LogP contribution is 2.35. The Morgan fingerprint density at radius 1 is 1.18 bits per heavy atom. The number of aryl methyl sites for hydroxylation is 2. The minimum absolute atomic E-state index is 0.304. The molecule has 1 aliphatic rings. The van der Waals surface area contributed by atoms with Crippen LogP contribution < -0.4 is 10.2 Å². The summed E-state index contributed by atoms with van der Waals surface area (Å²) in [5.74, 6) is 0.446. The quantitative estimate of drug-likeness (QED) is 0.338. The van der Waals surface area contributed by atoms with E-state index in [1.165, 1.54) is 23.5 Å². The van der Waals surface area contributed by atoms with E-state index in [9.17, 15) is 14.4 Å². The number of nitrogens with one attached hydrogen (secondary N) is 1. The number of piperazine rings is 1. The lowest BCUT2D eigenvalue weighted by atomic mass is 10.1. The predicted octanol–water partition coefficient (Wildman–Crippen LogP) is 5.54. The summed E-state index contributed by atoms with van der Waals surface area (Å²) in [6, 6.07) is 10.1. The van der Waals surface area contributed by atoms with Gasteiger partial charge in [0, 0.05) is 43.5 Å². The number of carbonyl (C=O) groups excluding carboxylic acids is 1. The smallest absolute Gasteiger partial charge is 0.410 e. The SMILES string of the molecule is CCc1nn2c(C)cc(N3CCN(C(=O)OC(C)(C)C)CC3)nc2c1Nc1nc(-c2ccc(F)cc2)c(C#N)s1. The predicted molar refractivity (Wildman–Crippen MR) is 153 cm³/mol. The second-order valence-corrected chi connectivity index (χ2v) is 11.6. The van der Waals surface area contributed by atoms with E-state index in [-0.39, 0.29) is 11.9 Å². The van der Waals surface area contributed by atoms with Crippen molar-refractivity contribution in [2.75, 3.05) is 36.4 Å². The van der Waals surface area contributed by atoms with Gasteiger partial charge in [0.05, 0.1) is 5.69 Å². The zero-order valence-electron chi connectivity index (χ0n) is 23.2. The van der Waals surface area contributed by atoms with Crippen LogP contribution >= 0.6 is 11.3 Å². The highest BCUT2D eigenvalue weighted by Gasteiger charge is 2.27. The van der Waals surface area contributed by atoms with Crippen molar-refractivity contribution in [3.05, 3.63) is 52.4 Å². The van der Waals surface area contributed by atoms with Gasteiger partial charge in [-0.2, -0.15) is 10.4 Å². The van der Waals surface area contributed by atoms with E-state index < -0.39 is 5.60 Å². The maximum Gasteiger partial charge on any atom is 0.410 e. The molecular weight excluding hydrogens is 531 g/mol. The number of nitriles is 1. The summed E-state index contributed by atoms with van der Waals surface area (Å²) in [7, 11) is 0. The second-order valence-electron chi connectivity index (χ2n) is 10.6. The molecule has 0 aliphatic carbocycles. The lowest BCUT2D eigenvalue weighted by molar-refractivity contribution is 0.0240. The van der Waals surface area contributed by atoms with Gasteiger partial charge in [0.25, 0.3) is 0 Å². The lowest BCUT2D eigenvalue weighted by Crippen LogP contribution is -2.50. The largest absolute Gasteiger partial charge is 0.444 e. The van der Waals surface area contributed by atoms with Crippen molar-refractivity contribution in [1.82, 2.24) is 24.5 Å². The molecule has 0 saturated carbocycles. The van der Waals surface area contributed by atoms with Gasteiger partial charge < -0.3 is 19.9 Å². The molecule has 1 saturated heterocycles. The van der Waals surface area contributed by atoms with Gasteiger partial charge in [-0.25, -0.2) is 23.7 Å². The van der Waals surface area contributed by atoms with Crippen molar-refractivity contribution in [2.24, 2.45) is 0 Å². The summed E-state index contributed by atoms with van der Waals surface area (Å²) >= 11 is 1.23. The van der Waals surface area contributed by atoms with Crippen LogP contribution in [0, 0.1) is 24.1 Å². The molecule has 0 bridgehead atoms. The minimum atomic E-state index is -0.536. The number of rotatable bonds is 5. The third kappa shape index (κ3) is 5.56. The van der Waals surface area contributed by atoms with E-state index in [0.29, 0.717) is 59.5 Å². The monoisotopic (exact) mass is 562 g/mol. The van der Waals surface area contributed by atoms with Crippen LogP contribution in [0.5, 0.6) is 0 Å². The van der Waals surface area contributed by atoms with Gasteiger partial charge in [-0.05, 0) is 58.4 Å². The molecule has 0 atom stereocenters. The maximum atomic E-state index is 13.4. The zero-order valence-corrected chi connectivity index (χ0v) is 24.0. The normalized spacial score (nSPS) is 13.9. The summed E-state index contributed by atoms with van der Waals surface area (Å²) < 4.78 is 20.8. The molecule has 0 radical (unpaired) electrons. The van der Waals surface area contributed by atoms with E-state index in [1.807, 2.05) is 40.7 Å².